The molecule has 0 spiro atoms. The number of ether oxygens (including phenoxy) is 1. The van der Waals surface area contributed by atoms with E-state index in [1.165, 1.54) is 19.3 Å². The number of hydrogen-bond donors (Lipinski definition) is 2. The number of carbonyl (C=O) groups excluding carboxylic acids is 2. The van der Waals surface area contributed by atoms with Crippen molar-refractivity contribution in [2.24, 2.45) is 5.92 Å². The Balaban J connectivity index is 1.99. The summed E-state index contributed by atoms with van der Waals surface area (Å²) in [5.41, 5.74) is 0. The molecule has 1 saturated carbocycles. The lowest BCUT2D eigenvalue weighted by molar-refractivity contribution is -0.141. The molecule has 0 heterocycles. The summed E-state index contributed by atoms with van der Waals surface area (Å²) in [5, 5.41) is 5.17. The number of nitrogens with one attached hydrogen (secondary N) is 2. The van der Waals surface area contributed by atoms with Crippen molar-refractivity contribution >= 4 is 12.0 Å². The summed E-state index contributed by atoms with van der Waals surface area (Å²) in [6.45, 7) is 2.71. The van der Waals surface area contributed by atoms with Crippen molar-refractivity contribution in [3.05, 3.63) is 0 Å². The molecule has 0 aromatic heterocycles. The van der Waals surface area contributed by atoms with Crippen LogP contribution in [0.2, 0.25) is 0 Å². The fourth-order valence-electron chi connectivity index (χ4n) is 1.36. The van der Waals surface area contributed by atoms with Crippen LogP contribution in [0.15, 0.2) is 0 Å². The van der Waals surface area contributed by atoms with Crippen molar-refractivity contribution in [1.82, 2.24) is 10.6 Å². The molecule has 2 amide bonds. The van der Waals surface area contributed by atoms with Gasteiger partial charge in [0.1, 0.15) is 6.54 Å². The predicted octanol–water partition coefficient (Wildman–Crippen LogP) is 0.649. The molecule has 0 aromatic rings. The molecular formula is C10H18N2O3. The second kappa shape index (κ2) is 6.27. The molecular weight excluding hydrogens is 196 g/mol. The molecule has 1 aliphatic carbocycles. The number of urea groups is 1. The van der Waals surface area contributed by atoms with E-state index in [0.717, 1.165) is 0 Å². The molecule has 5 heteroatoms. The predicted molar refractivity (Wildman–Crippen MR) is 55.4 cm³/mol. The number of hydrogen-bond acceptors (Lipinski definition) is 3. The SMILES string of the molecule is CCOC(=O)CNC(=O)NCC1CCC1. The minimum Gasteiger partial charge on any atom is -0.465 e. The first kappa shape index (κ1) is 11.8. The molecule has 1 rings (SSSR count). The van der Waals surface area contributed by atoms with Crippen molar-refractivity contribution < 1.29 is 14.3 Å². The van der Waals surface area contributed by atoms with Crippen molar-refractivity contribution in [3.8, 4) is 0 Å². The normalized spacial score (nSPS) is 15.3. The molecule has 1 fully saturated rings. The second-order valence-electron chi connectivity index (χ2n) is 3.67. The molecule has 86 valence electrons. The third-order valence-electron chi connectivity index (χ3n) is 2.47. The first-order chi connectivity index (χ1) is 7.22. The molecule has 0 aliphatic heterocycles. The Bertz CT molecular complexity index is 227. The van der Waals surface area contributed by atoms with Crippen LogP contribution in [0.4, 0.5) is 4.79 Å². The highest BCUT2D eigenvalue weighted by Crippen LogP contribution is 2.24. The minimum atomic E-state index is -0.406. The fourth-order valence-corrected chi connectivity index (χ4v) is 1.36. The van der Waals surface area contributed by atoms with Crippen LogP contribution in [0.1, 0.15) is 26.2 Å². The van der Waals surface area contributed by atoms with Crippen molar-refractivity contribution in [2.45, 2.75) is 26.2 Å². The van der Waals surface area contributed by atoms with E-state index in [9.17, 15) is 9.59 Å². The van der Waals surface area contributed by atoms with E-state index in [0.29, 0.717) is 19.1 Å². The van der Waals surface area contributed by atoms with Crippen molar-refractivity contribution in [3.63, 3.8) is 0 Å². The Hall–Kier alpha value is -1.26. The van der Waals surface area contributed by atoms with Gasteiger partial charge in [0.25, 0.3) is 0 Å². The average Bonchev–Trinajstić information content (AvgIpc) is 2.13. The molecule has 0 bridgehead atoms. The van der Waals surface area contributed by atoms with E-state index >= 15 is 0 Å². The zero-order valence-corrected chi connectivity index (χ0v) is 9.04. The number of esters is 1. The van der Waals surface area contributed by atoms with Gasteiger partial charge in [-0.15, -0.1) is 0 Å². The minimum absolute atomic E-state index is 0.0651. The van der Waals surface area contributed by atoms with E-state index in [4.69, 9.17) is 0 Å². The lowest BCUT2D eigenvalue weighted by Gasteiger charge is -2.25. The lowest BCUT2D eigenvalue weighted by atomic mass is 9.85. The van der Waals surface area contributed by atoms with E-state index in [2.05, 4.69) is 15.4 Å². The highest BCUT2D eigenvalue weighted by atomic mass is 16.5. The maximum atomic E-state index is 11.2. The van der Waals surface area contributed by atoms with Gasteiger partial charge in [-0.2, -0.15) is 0 Å². The Kier molecular flexibility index (Phi) is 4.93. The highest BCUT2D eigenvalue weighted by Gasteiger charge is 2.17. The Labute approximate surface area is 89.6 Å². The summed E-state index contributed by atoms with van der Waals surface area (Å²) in [6.07, 6.45) is 3.65. The zero-order valence-electron chi connectivity index (χ0n) is 9.04. The van der Waals surface area contributed by atoms with Gasteiger partial charge < -0.3 is 15.4 Å². The van der Waals surface area contributed by atoms with E-state index in [1.807, 2.05) is 0 Å². The van der Waals surface area contributed by atoms with Gasteiger partial charge in [-0.1, -0.05) is 6.42 Å². The molecule has 0 saturated heterocycles. The van der Waals surface area contributed by atoms with E-state index < -0.39 is 5.97 Å². The number of amides is 2. The highest BCUT2D eigenvalue weighted by molar-refractivity contribution is 5.80. The van der Waals surface area contributed by atoms with Gasteiger partial charge >= 0.3 is 12.0 Å². The molecule has 2 N–H and O–H groups in total. The molecule has 15 heavy (non-hydrogen) atoms. The first-order valence-electron chi connectivity index (χ1n) is 5.39. The fraction of sp³-hybridized carbons (Fsp3) is 0.800. The summed E-state index contributed by atoms with van der Waals surface area (Å²) in [7, 11) is 0. The lowest BCUT2D eigenvalue weighted by Crippen LogP contribution is -2.41. The Morgan fingerprint density at radius 3 is 2.60 bits per heavy atom. The second-order valence-corrected chi connectivity index (χ2v) is 3.67. The molecule has 1 aliphatic rings. The number of carbonyl (C=O) groups is 2. The third kappa shape index (κ3) is 4.67. The van der Waals surface area contributed by atoms with Crippen LogP contribution >= 0.6 is 0 Å². The third-order valence-corrected chi connectivity index (χ3v) is 2.47. The van der Waals surface area contributed by atoms with E-state index in [1.54, 1.807) is 6.92 Å². The quantitative estimate of drug-likeness (QED) is 0.660. The summed E-state index contributed by atoms with van der Waals surface area (Å²) < 4.78 is 4.67. The Morgan fingerprint density at radius 1 is 1.33 bits per heavy atom. The molecule has 0 radical (unpaired) electrons. The molecule has 5 nitrogen and oxygen atoms in total. The monoisotopic (exact) mass is 214 g/mol. The van der Waals surface area contributed by atoms with Gasteiger partial charge in [0.15, 0.2) is 0 Å². The summed E-state index contributed by atoms with van der Waals surface area (Å²) in [4.78, 5) is 22.1. The topological polar surface area (TPSA) is 67.4 Å². The van der Waals surface area contributed by atoms with Gasteiger partial charge in [-0.3, -0.25) is 4.79 Å². The van der Waals surface area contributed by atoms with Crippen LogP contribution < -0.4 is 10.6 Å². The standard InChI is InChI=1S/C10H18N2O3/c1-2-15-9(13)7-12-10(14)11-6-8-4-3-5-8/h8H,2-7H2,1H3,(H2,11,12,14). The zero-order chi connectivity index (χ0) is 11.1. The van der Waals surface area contributed by atoms with Crippen molar-refractivity contribution in [2.75, 3.05) is 19.7 Å². The first-order valence-corrected chi connectivity index (χ1v) is 5.39. The summed E-state index contributed by atoms with van der Waals surface area (Å²) >= 11 is 0. The maximum Gasteiger partial charge on any atom is 0.325 e. The van der Waals surface area contributed by atoms with Crippen LogP contribution in [-0.4, -0.2) is 31.7 Å². The Morgan fingerprint density at radius 2 is 2.07 bits per heavy atom. The van der Waals surface area contributed by atoms with Crippen molar-refractivity contribution in [1.29, 1.82) is 0 Å². The molecule has 0 atom stereocenters. The number of rotatable bonds is 5. The molecule has 0 aromatic carbocycles. The van der Waals surface area contributed by atoms with Crippen LogP contribution in [0.25, 0.3) is 0 Å². The van der Waals surface area contributed by atoms with Gasteiger partial charge in [0.2, 0.25) is 0 Å². The van der Waals surface area contributed by atoms with Crippen LogP contribution in [0, 0.1) is 5.92 Å². The largest absolute Gasteiger partial charge is 0.465 e. The maximum absolute atomic E-state index is 11.2. The summed E-state index contributed by atoms with van der Waals surface area (Å²) in [6, 6.07) is -0.296. The van der Waals surface area contributed by atoms with Crippen LogP contribution in [-0.2, 0) is 9.53 Å². The smallest absolute Gasteiger partial charge is 0.325 e. The average molecular weight is 214 g/mol. The molecule has 0 unspecified atom stereocenters. The van der Waals surface area contributed by atoms with Gasteiger partial charge in [-0.25, -0.2) is 4.79 Å². The van der Waals surface area contributed by atoms with E-state index in [-0.39, 0.29) is 12.6 Å². The van der Waals surface area contributed by atoms with Crippen LogP contribution in [0.5, 0.6) is 0 Å². The summed E-state index contributed by atoms with van der Waals surface area (Å²) in [5.74, 6) is 0.217. The van der Waals surface area contributed by atoms with Gasteiger partial charge in [0, 0.05) is 6.54 Å². The van der Waals surface area contributed by atoms with Crippen LogP contribution in [0.3, 0.4) is 0 Å². The van der Waals surface area contributed by atoms with Gasteiger partial charge in [0.05, 0.1) is 6.61 Å². The van der Waals surface area contributed by atoms with Gasteiger partial charge in [-0.05, 0) is 25.7 Å².